The normalized spacial score (nSPS) is 14.8. The number of carbonyl (C=O) groups is 2. The van der Waals surface area contributed by atoms with Crippen LogP contribution in [0.5, 0.6) is 0 Å². The molecule has 0 atom stereocenters. The summed E-state index contributed by atoms with van der Waals surface area (Å²) in [6.07, 6.45) is 0. The minimum atomic E-state index is -0.289. The van der Waals surface area contributed by atoms with E-state index in [-0.39, 0.29) is 11.8 Å². The first-order valence-electron chi connectivity index (χ1n) is 7.87. The lowest BCUT2D eigenvalue weighted by Gasteiger charge is -2.25. The van der Waals surface area contributed by atoms with Crippen molar-refractivity contribution in [2.45, 2.75) is 6.92 Å². The Kier molecular flexibility index (Phi) is 6.11. The van der Waals surface area contributed by atoms with Gasteiger partial charge < -0.3 is 14.4 Å². The zero-order chi connectivity index (χ0) is 17.7. The van der Waals surface area contributed by atoms with Crippen LogP contribution in [-0.2, 0) is 19.1 Å². The van der Waals surface area contributed by atoms with Crippen LogP contribution in [0.15, 0.2) is 30.0 Å². The van der Waals surface area contributed by atoms with Crippen molar-refractivity contribution in [2.24, 2.45) is 0 Å². The Morgan fingerprint density at radius 2 is 1.50 bits per heavy atom. The summed E-state index contributed by atoms with van der Waals surface area (Å²) in [5, 5.41) is 0. The van der Waals surface area contributed by atoms with E-state index in [0.717, 1.165) is 16.0 Å². The van der Waals surface area contributed by atoms with Gasteiger partial charge in [0.1, 0.15) is 5.70 Å². The van der Waals surface area contributed by atoms with Gasteiger partial charge in [0, 0.05) is 34.4 Å². The highest BCUT2D eigenvalue weighted by Crippen LogP contribution is 2.30. The Hall–Kier alpha value is -2.18. The molecule has 0 fully saturated rings. The fraction of sp³-hybridized carbons (Fsp3) is 0.444. The van der Waals surface area contributed by atoms with Crippen molar-refractivity contribution < 1.29 is 19.1 Å². The Labute approximate surface area is 142 Å². The first-order valence-corrected chi connectivity index (χ1v) is 7.87. The fourth-order valence-corrected chi connectivity index (χ4v) is 2.64. The third-order valence-corrected chi connectivity index (χ3v) is 4.05. The third-order valence-electron chi connectivity index (χ3n) is 4.05. The van der Waals surface area contributed by atoms with E-state index in [1.165, 1.54) is 7.05 Å². The second kappa shape index (κ2) is 8.08. The molecule has 1 aromatic rings. The molecule has 24 heavy (non-hydrogen) atoms. The minimum Gasteiger partial charge on any atom is -0.383 e. The lowest BCUT2D eigenvalue weighted by molar-refractivity contribution is -0.136. The number of benzene rings is 1. The van der Waals surface area contributed by atoms with Crippen molar-refractivity contribution in [2.75, 3.05) is 47.6 Å². The lowest BCUT2D eigenvalue weighted by Crippen LogP contribution is -2.36. The zero-order valence-electron chi connectivity index (χ0n) is 14.7. The minimum absolute atomic E-state index is 0.279. The second-order valence-corrected chi connectivity index (χ2v) is 5.73. The molecule has 1 aliphatic rings. The molecule has 0 aromatic heterocycles. The van der Waals surface area contributed by atoms with Crippen LogP contribution in [0, 0.1) is 6.92 Å². The Morgan fingerprint density at radius 3 is 2.00 bits per heavy atom. The van der Waals surface area contributed by atoms with Gasteiger partial charge in [-0.15, -0.1) is 0 Å². The van der Waals surface area contributed by atoms with Gasteiger partial charge in [0.15, 0.2) is 0 Å². The molecule has 1 aromatic carbocycles. The average molecular weight is 332 g/mol. The predicted octanol–water partition coefficient (Wildman–Crippen LogP) is 1.30. The van der Waals surface area contributed by atoms with E-state index < -0.39 is 0 Å². The van der Waals surface area contributed by atoms with Crippen LogP contribution in [0.2, 0.25) is 0 Å². The monoisotopic (exact) mass is 332 g/mol. The Balaban J connectivity index is 2.49. The van der Waals surface area contributed by atoms with Crippen molar-refractivity contribution in [1.82, 2.24) is 9.80 Å². The molecule has 0 spiro atoms. The number of hydrogen-bond acceptors (Lipinski definition) is 5. The number of aryl methyl sites for hydroxylation is 1. The SMILES string of the molecule is COCCN(CCOC)C1=C(c2ccc(C)cc2)C(=O)N(C)C1=O. The molecule has 130 valence electrons. The van der Waals surface area contributed by atoms with Crippen molar-refractivity contribution in [1.29, 1.82) is 0 Å². The molecule has 2 rings (SSSR count). The fourth-order valence-electron chi connectivity index (χ4n) is 2.64. The van der Waals surface area contributed by atoms with Gasteiger partial charge in [0.2, 0.25) is 0 Å². The van der Waals surface area contributed by atoms with Gasteiger partial charge in [0.05, 0.1) is 18.8 Å². The van der Waals surface area contributed by atoms with Crippen LogP contribution in [0.25, 0.3) is 5.57 Å². The summed E-state index contributed by atoms with van der Waals surface area (Å²) in [6.45, 7) is 3.92. The smallest absolute Gasteiger partial charge is 0.277 e. The summed E-state index contributed by atoms with van der Waals surface area (Å²) in [5.41, 5.74) is 2.70. The van der Waals surface area contributed by atoms with Crippen LogP contribution in [0.4, 0.5) is 0 Å². The molecule has 0 unspecified atom stereocenters. The third kappa shape index (κ3) is 3.66. The van der Waals surface area contributed by atoms with Gasteiger partial charge in [-0.25, -0.2) is 0 Å². The molecule has 6 heteroatoms. The van der Waals surface area contributed by atoms with E-state index in [2.05, 4.69) is 0 Å². The lowest BCUT2D eigenvalue weighted by atomic mass is 10.0. The van der Waals surface area contributed by atoms with Gasteiger partial charge >= 0.3 is 0 Å². The quantitative estimate of drug-likeness (QED) is 0.672. The molecule has 0 saturated carbocycles. The summed E-state index contributed by atoms with van der Waals surface area (Å²) in [5.74, 6) is -0.568. The highest BCUT2D eigenvalue weighted by Gasteiger charge is 2.39. The number of carbonyl (C=O) groups excluding carboxylic acids is 2. The molecular formula is C18H24N2O4. The van der Waals surface area contributed by atoms with E-state index in [9.17, 15) is 9.59 Å². The van der Waals surface area contributed by atoms with E-state index in [4.69, 9.17) is 9.47 Å². The Morgan fingerprint density at radius 1 is 0.958 bits per heavy atom. The number of methoxy groups -OCH3 is 2. The molecule has 0 N–H and O–H groups in total. The van der Waals surface area contributed by atoms with Gasteiger partial charge in [-0.2, -0.15) is 0 Å². The maximum atomic E-state index is 12.7. The molecule has 0 radical (unpaired) electrons. The van der Waals surface area contributed by atoms with Crippen LogP contribution in [0.1, 0.15) is 11.1 Å². The highest BCUT2D eigenvalue weighted by atomic mass is 16.5. The van der Waals surface area contributed by atoms with Crippen LogP contribution in [0.3, 0.4) is 0 Å². The molecule has 1 aliphatic heterocycles. The maximum absolute atomic E-state index is 12.7. The molecule has 1 heterocycles. The average Bonchev–Trinajstić information content (AvgIpc) is 2.80. The van der Waals surface area contributed by atoms with Gasteiger partial charge in [0.25, 0.3) is 11.8 Å². The number of rotatable bonds is 8. The molecule has 6 nitrogen and oxygen atoms in total. The number of hydrogen-bond donors (Lipinski definition) is 0. The van der Waals surface area contributed by atoms with Crippen LogP contribution < -0.4 is 0 Å². The molecule has 2 amide bonds. The number of nitrogens with zero attached hydrogens (tertiary/aromatic N) is 2. The van der Waals surface area contributed by atoms with Crippen molar-refractivity contribution >= 4 is 17.4 Å². The molecule has 0 bridgehead atoms. The van der Waals surface area contributed by atoms with Gasteiger partial charge in [-0.1, -0.05) is 29.8 Å². The topological polar surface area (TPSA) is 59.1 Å². The van der Waals surface area contributed by atoms with Crippen molar-refractivity contribution in [3.63, 3.8) is 0 Å². The van der Waals surface area contributed by atoms with E-state index >= 15 is 0 Å². The summed E-state index contributed by atoms with van der Waals surface area (Å²) in [4.78, 5) is 28.3. The number of ether oxygens (including phenoxy) is 2. The van der Waals surface area contributed by atoms with E-state index in [1.807, 2.05) is 36.1 Å². The first-order chi connectivity index (χ1) is 11.5. The van der Waals surface area contributed by atoms with E-state index in [1.54, 1.807) is 14.2 Å². The number of likely N-dealkylation sites (N-methyl/N-ethyl adjacent to an activating group) is 1. The largest absolute Gasteiger partial charge is 0.383 e. The summed E-state index contributed by atoms with van der Waals surface area (Å²) in [7, 11) is 4.73. The standard InChI is InChI=1S/C18H24N2O4/c1-13-5-7-14(8-6-13)15-16(18(22)19(2)17(15)21)20(9-11-23-3)10-12-24-4/h5-8H,9-12H2,1-4H3. The highest BCUT2D eigenvalue weighted by molar-refractivity contribution is 6.35. The number of imide groups is 1. The summed E-state index contributed by atoms with van der Waals surface area (Å²) < 4.78 is 10.3. The second-order valence-electron chi connectivity index (χ2n) is 5.73. The first kappa shape index (κ1) is 18.2. The van der Waals surface area contributed by atoms with Crippen LogP contribution >= 0.6 is 0 Å². The predicted molar refractivity (Wildman–Crippen MR) is 91.2 cm³/mol. The van der Waals surface area contributed by atoms with Crippen molar-refractivity contribution in [3.8, 4) is 0 Å². The summed E-state index contributed by atoms with van der Waals surface area (Å²) >= 11 is 0. The van der Waals surface area contributed by atoms with Crippen LogP contribution in [-0.4, -0.2) is 69.2 Å². The maximum Gasteiger partial charge on any atom is 0.277 e. The Bertz CT molecular complexity index is 629. The van der Waals surface area contributed by atoms with Crippen molar-refractivity contribution in [3.05, 3.63) is 41.1 Å². The summed E-state index contributed by atoms with van der Waals surface area (Å²) in [6, 6.07) is 7.62. The molecule has 0 saturated heterocycles. The van der Waals surface area contributed by atoms with Gasteiger partial charge in [-0.05, 0) is 12.5 Å². The molecule has 0 aliphatic carbocycles. The zero-order valence-corrected chi connectivity index (χ0v) is 14.7. The molecular weight excluding hydrogens is 308 g/mol. The van der Waals surface area contributed by atoms with Gasteiger partial charge in [-0.3, -0.25) is 14.5 Å². The van der Waals surface area contributed by atoms with E-state index in [0.29, 0.717) is 37.6 Å². The number of amides is 2.